The van der Waals surface area contributed by atoms with Gasteiger partial charge in [0.1, 0.15) is 5.82 Å². The predicted octanol–water partition coefficient (Wildman–Crippen LogP) is 7.36. The molecule has 0 aliphatic rings. The molecule has 0 spiro atoms. The molecular weight excluding hydrogens is 340 g/mol. The van der Waals surface area contributed by atoms with Crippen molar-refractivity contribution in [2.24, 2.45) is 5.92 Å². The number of aryl methyl sites for hydroxylation is 1. The lowest BCUT2D eigenvalue weighted by atomic mass is 9.96. The summed E-state index contributed by atoms with van der Waals surface area (Å²) in [5.74, 6) is 2.20. The van der Waals surface area contributed by atoms with Gasteiger partial charge in [0.25, 0.3) is 0 Å². The average molecular weight is 377 g/mol. The minimum atomic E-state index is 0.302. The third-order valence-corrected chi connectivity index (χ3v) is 5.68. The number of fused-ring (bicyclic) bond motifs is 1. The van der Waals surface area contributed by atoms with E-state index in [4.69, 9.17) is 4.98 Å². The van der Waals surface area contributed by atoms with Crippen molar-refractivity contribution in [2.75, 3.05) is 0 Å². The summed E-state index contributed by atoms with van der Waals surface area (Å²) < 4.78 is 2.47. The topological polar surface area (TPSA) is 17.8 Å². The Morgan fingerprint density at radius 1 is 0.857 bits per heavy atom. The van der Waals surface area contributed by atoms with Gasteiger partial charge in [0.05, 0.1) is 11.0 Å². The number of rotatable bonds is 10. The molecule has 1 aromatic heterocycles. The molecule has 0 bridgehead atoms. The van der Waals surface area contributed by atoms with E-state index in [1.54, 1.807) is 0 Å². The molecule has 150 valence electrons. The summed E-state index contributed by atoms with van der Waals surface area (Å²) in [5, 5.41) is 0. The first-order valence-electron chi connectivity index (χ1n) is 11.1. The molecular formula is C26H36N2. The van der Waals surface area contributed by atoms with E-state index >= 15 is 0 Å². The van der Waals surface area contributed by atoms with Gasteiger partial charge in [0, 0.05) is 12.5 Å². The second-order valence-corrected chi connectivity index (χ2v) is 8.59. The smallest absolute Gasteiger partial charge is 0.117 e. The number of aromatic nitrogens is 2. The Morgan fingerprint density at radius 2 is 1.57 bits per heavy atom. The zero-order valence-corrected chi connectivity index (χ0v) is 18.1. The van der Waals surface area contributed by atoms with Gasteiger partial charge in [-0.25, -0.2) is 4.98 Å². The maximum atomic E-state index is 5.04. The monoisotopic (exact) mass is 376 g/mol. The van der Waals surface area contributed by atoms with E-state index in [-0.39, 0.29) is 0 Å². The van der Waals surface area contributed by atoms with E-state index < -0.39 is 0 Å². The Labute approximate surface area is 171 Å². The minimum absolute atomic E-state index is 0.302. The van der Waals surface area contributed by atoms with E-state index in [2.05, 4.69) is 80.8 Å². The lowest BCUT2D eigenvalue weighted by Gasteiger charge is -2.16. The minimum Gasteiger partial charge on any atom is -0.327 e. The van der Waals surface area contributed by atoms with Crippen LogP contribution in [0.25, 0.3) is 11.0 Å². The summed E-state index contributed by atoms with van der Waals surface area (Å²) in [6, 6.07) is 17.8. The van der Waals surface area contributed by atoms with Crippen molar-refractivity contribution in [3.63, 3.8) is 0 Å². The maximum absolute atomic E-state index is 5.04. The first kappa shape index (κ1) is 20.6. The van der Waals surface area contributed by atoms with Crippen LogP contribution in [0.3, 0.4) is 0 Å². The highest BCUT2D eigenvalue weighted by atomic mass is 15.1. The fourth-order valence-corrected chi connectivity index (χ4v) is 4.10. The maximum Gasteiger partial charge on any atom is 0.117 e. The van der Waals surface area contributed by atoms with Gasteiger partial charge in [-0.3, -0.25) is 0 Å². The predicted molar refractivity (Wildman–Crippen MR) is 121 cm³/mol. The molecule has 1 heterocycles. The number of nitrogens with zero attached hydrogens (tertiary/aromatic N) is 2. The van der Waals surface area contributed by atoms with Gasteiger partial charge in [-0.2, -0.15) is 0 Å². The van der Waals surface area contributed by atoms with Crippen molar-refractivity contribution in [2.45, 2.75) is 78.7 Å². The molecule has 3 rings (SSSR count). The summed E-state index contributed by atoms with van der Waals surface area (Å²) in [5.41, 5.74) is 5.18. The normalized spacial score (nSPS) is 12.8. The van der Waals surface area contributed by atoms with E-state index in [9.17, 15) is 0 Å². The standard InChI is InChI=1S/C26H36N2/c1-5-6-7-8-11-18-28-25-13-10-9-12-24(25)27-26(28)21(4)23-16-14-22(15-17-23)19-20(2)3/h9-10,12-17,20-21H,5-8,11,18-19H2,1-4H3/t21-/m0/s1. The third kappa shape index (κ3) is 5.04. The number of hydrogen-bond acceptors (Lipinski definition) is 1. The van der Waals surface area contributed by atoms with Gasteiger partial charge >= 0.3 is 0 Å². The average Bonchev–Trinajstić information content (AvgIpc) is 3.06. The lowest BCUT2D eigenvalue weighted by Crippen LogP contribution is -2.09. The van der Waals surface area contributed by atoms with Crippen LogP contribution in [0.15, 0.2) is 48.5 Å². The molecule has 0 saturated heterocycles. The van der Waals surface area contributed by atoms with Crippen molar-refractivity contribution in [1.82, 2.24) is 9.55 Å². The molecule has 0 aliphatic carbocycles. The fraction of sp³-hybridized carbons (Fsp3) is 0.500. The number of unbranched alkanes of at least 4 members (excludes halogenated alkanes) is 4. The van der Waals surface area contributed by atoms with Crippen molar-refractivity contribution < 1.29 is 0 Å². The molecule has 0 unspecified atom stereocenters. The molecule has 0 radical (unpaired) electrons. The number of benzene rings is 2. The summed E-state index contributed by atoms with van der Waals surface area (Å²) >= 11 is 0. The summed E-state index contributed by atoms with van der Waals surface area (Å²) in [4.78, 5) is 5.04. The zero-order chi connectivity index (χ0) is 19.9. The van der Waals surface area contributed by atoms with Crippen LogP contribution in [0.1, 0.15) is 82.7 Å². The summed E-state index contributed by atoms with van der Waals surface area (Å²) in [7, 11) is 0. The van der Waals surface area contributed by atoms with Crippen LogP contribution in [0, 0.1) is 5.92 Å². The highest BCUT2D eigenvalue weighted by molar-refractivity contribution is 5.76. The third-order valence-electron chi connectivity index (χ3n) is 5.68. The van der Waals surface area contributed by atoms with Crippen LogP contribution in [0.5, 0.6) is 0 Å². The Kier molecular flexibility index (Phi) is 7.30. The molecule has 0 N–H and O–H groups in total. The zero-order valence-electron chi connectivity index (χ0n) is 18.1. The first-order chi connectivity index (χ1) is 13.6. The molecule has 2 aromatic carbocycles. The quantitative estimate of drug-likeness (QED) is 0.338. The van der Waals surface area contributed by atoms with Gasteiger partial charge < -0.3 is 4.57 Å². The van der Waals surface area contributed by atoms with Crippen LogP contribution in [-0.4, -0.2) is 9.55 Å². The van der Waals surface area contributed by atoms with Crippen LogP contribution < -0.4 is 0 Å². The SMILES string of the molecule is CCCCCCCn1c([C@@H](C)c2ccc(CC(C)C)cc2)nc2ccccc21. The van der Waals surface area contributed by atoms with Crippen molar-refractivity contribution in [3.05, 3.63) is 65.5 Å². The van der Waals surface area contributed by atoms with Crippen molar-refractivity contribution in [1.29, 1.82) is 0 Å². The molecule has 2 nitrogen and oxygen atoms in total. The van der Waals surface area contributed by atoms with Gasteiger partial charge in [0.2, 0.25) is 0 Å². The van der Waals surface area contributed by atoms with E-state index in [1.165, 1.54) is 54.6 Å². The van der Waals surface area contributed by atoms with Gasteiger partial charge in [-0.05, 0) is 42.0 Å². The lowest BCUT2D eigenvalue weighted by molar-refractivity contribution is 0.556. The van der Waals surface area contributed by atoms with Gasteiger partial charge in [-0.15, -0.1) is 0 Å². The van der Waals surface area contributed by atoms with Crippen LogP contribution >= 0.6 is 0 Å². The van der Waals surface area contributed by atoms with Crippen LogP contribution in [0.2, 0.25) is 0 Å². The molecule has 0 amide bonds. The van der Waals surface area contributed by atoms with Crippen LogP contribution in [-0.2, 0) is 13.0 Å². The van der Waals surface area contributed by atoms with Crippen molar-refractivity contribution >= 4 is 11.0 Å². The molecule has 0 saturated carbocycles. The van der Waals surface area contributed by atoms with Gasteiger partial charge in [-0.1, -0.05) is 89.8 Å². The Morgan fingerprint density at radius 3 is 2.29 bits per heavy atom. The summed E-state index contributed by atoms with van der Waals surface area (Å²) in [6.07, 6.45) is 7.65. The van der Waals surface area contributed by atoms with Gasteiger partial charge in [0.15, 0.2) is 0 Å². The number of para-hydroxylation sites is 2. The largest absolute Gasteiger partial charge is 0.327 e. The fourth-order valence-electron chi connectivity index (χ4n) is 4.10. The first-order valence-corrected chi connectivity index (χ1v) is 11.1. The Bertz CT molecular complexity index is 858. The Hall–Kier alpha value is -2.09. The van der Waals surface area contributed by atoms with E-state index in [0.717, 1.165) is 18.5 Å². The highest BCUT2D eigenvalue weighted by Crippen LogP contribution is 2.28. The molecule has 0 aliphatic heterocycles. The van der Waals surface area contributed by atoms with Crippen LogP contribution in [0.4, 0.5) is 0 Å². The second-order valence-electron chi connectivity index (χ2n) is 8.59. The Balaban J connectivity index is 1.83. The van der Waals surface area contributed by atoms with Crippen molar-refractivity contribution in [3.8, 4) is 0 Å². The summed E-state index contributed by atoms with van der Waals surface area (Å²) in [6.45, 7) is 10.2. The molecule has 2 heteroatoms. The second kappa shape index (κ2) is 9.91. The highest BCUT2D eigenvalue weighted by Gasteiger charge is 2.18. The number of hydrogen-bond donors (Lipinski definition) is 0. The van der Waals surface area contributed by atoms with E-state index in [1.807, 2.05) is 0 Å². The van der Waals surface area contributed by atoms with E-state index in [0.29, 0.717) is 11.8 Å². The molecule has 0 fully saturated rings. The molecule has 28 heavy (non-hydrogen) atoms. The molecule has 3 aromatic rings. The molecule has 1 atom stereocenters. The number of imidazole rings is 1.